The molecule has 3 N–H and O–H groups in total. The van der Waals surface area contributed by atoms with E-state index in [1.165, 1.54) is 0 Å². The number of carbonyl (C=O) groups is 3. The molecule has 28 heavy (non-hydrogen) atoms. The summed E-state index contributed by atoms with van der Waals surface area (Å²) in [6.07, 6.45) is -0.493. The Bertz CT molecular complexity index is 666. The highest BCUT2D eigenvalue weighted by Crippen LogP contribution is 2.12. The number of ether oxygens (including phenoxy) is 2. The molecule has 154 valence electrons. The second kappa shape index (κ2) is 12.3. The molecule has 0 saturated carbocycles. The molecule has 1 saturated heterocycles. The molecule has 0 bridgehead atoms. The van der Waals surface area contributed by atoms with Crippen LogP contribution in [0.1, 0.15) is 39.2 Å². The van der Waals surface area contributed by atoms with Gasteiger partial charge < -0.3 is 14.8 Å². The predicted octanol–water partition coefficient (Wildman–Crippen LogP) is 2.61. The monoisotopic (exact) mass is 392 g/mol. The van der Waals surface area contributed by atoms with Gasteiger partial charge in [0, 0.05) is 6.54 Å². The van der Waals surface area contributed by atoms with Crippen molar-refractivity contribution in [2.24, 2.45) is 0 Å². The standard InChI is InChI=1S/C17H22N4O5.C2H6/c1-2-25-16(23)19-13-9-6-10-21(14(13)22)15(18)20-17(24)26-11-12-7-4-3-5-8-12;1-2/h3-5,7-8,13H,2,6,9-11H2,1H3,(H,19,23)(H2,18,20,24);1-2H3/t13-;/m0./s1. The van der Waals surface area contributed by atoms with Crippen molar-refractivity contribution in [3.63, 3.8) is 0 Å². The van der Waals surface area contributed by atoms with Crippen LogP contribution in [0.25, 0.3) is 0 Å². The zero-order valence-electron chi connectivity index (χ0n) is 16.5. The van der Waals surface area contributed by atoms with E-state index in [-0.39, 0.29) is 25.7 Å². The molecule has 2 rings (SSSR count). The maximum atomic E-state index is 12.4. The van der Waals surface area contributed by atoms with Gasteiger partial charge in [-0.2, -0.15) is 0 Å². The van der Waals surface area contributed by atoms with E-state index in [2.05, 4.69) is 10.6 Å². The Morgan fingerprint density at radius 3 is 2.50 bits per heavy atom. The van der Waals surface area contributed by atoms with Crippen molar-refractivity contribution in [2.45, 2.75) is 46.3 Å². The van der Waals surface area contributed by atoms with Crippen LogP contribution in [0.4, 0.5) is 9.59 Å². The van der Waals surface area contributed by atoms with Gasteiger partial charge >= 0.3 is 12.2 Å². The molecule has 1 atom stereocenters. The lowest BCUT2D eigenvalue weighted by molar-refractivity contribution is -0.131. The van der Waals surface area contributed by atoms with Gasteiger partial charge in [-0.25, -0.2) is 9.59 Å². The van der Waals surface area contributed by atoms with Gasteiger partial charge in [0.15, 0.2) is 0 Å². The number of piperidine rings is 1. The largest absolute Gasteiger partial charge is 0.450 e. The van der Waals surface area contributed by atoms with Gasteiger partial charge in [-0.15, -0.1) is 0 Å². The van der Waals surface area contributed by atoms with Gasteiger partial charge in [0.2, 0.25) is 5.96 Å². The number of nitrogens with zero attached hydrogens (tertiary/aromatic N) is 1. The molecule has 0 unspecified atom stereocenters. The van der Waals surface area contributed by atoms with Crippen LogP contribution in [-0.2, 0) is 20.9 Å². The Labute approximate surface area is 164 Å². The zero-order chi connectivity index (χ0) is 20.9. The minimum absolute atomic E-state index is 0.0565. The molecule has 1 heterocycles. The number of carbonyl (C=O) groups excluding carboxylic acids is 3. The van der Waals surface area contributed by atoms with E-state index in [9.17, 15) is 14.4 Å². The molecule has 9 nitrogen and oxygen atoms in total. The van der Waals surface area contributed by atoms with Gasteiger partial charge in [0.1, 0.15) is 12.6 Å². The summed E-state index contributed by atoms with van der Waals surface area (Å²) in [4.78, 5) is 36.8. The molecule has 0 aliphatic carbocycles. The van der Waals surface area contributed by atoms with Gasteiger partial charge in [0.05, 0.1) is 6.61 Å². The summed E-state index contributed by atoms with van der Waals surface area (Å²) in [6.45, 7) is 6.19. The van der Waals surface area contributed by atoms with Crippen molar-refractivity contribution < 1.29 is 23.9 Å². The fourth-order valence-corrected chi connectivity index (χ4v) is 2.47. The van der Waals surface area contributed by atoms with E-state index in [0.29, 0.717) is 12.8 Å². The summed E-state index contributed by atoms with van der Waals surface area (Å²) in [5.74, 6) is -0.860. The SMILES string of the molecule is CC.CCOC(=O)N[C@H]1CCCN(C(=N)NC(=O)OCc2ccccc2)C1=O. The van der Waals surface area contributed by atoms with Crippen molar-refractivity contribution in [1.82, 2.24) is 15.5 Å². The Morgan fingerprint density at radius 1 is 1.18 bits per heavy atom. The molecule has 1 aromatic carbocycles. The Balaban J connectivity index is 0.00000190. The molecule has 1 aliphatic rings. The summed E-state index contributed by atoms with van der Waals surface area (Å²) in [7, 11) is 0. The van der Waals surface area contributed by atoms with Crippen LogP contribution in [0.15, 0.2) is 30.3 Å². The van der Waals surface area contributed by atoms with Crippen LogP contribution in [0.5, 0.6) is 0 Å². The minimum Gasteiger partial charge on any atom is -0.450 e. The first-order valence-electron chi connectivity index (χ1n) is 9.32. The summed E-state index contributed by atoms with van der Waals surface area (Å²) in [5.41, 5.74) is 0.807. The van der Waals surface area contributed by atoms with Crippen molar-refractivity contribution in [3.8, 4) is 0 Å². The smallest absolute Gasteiger partial charge is 0.414 e. The van der Waals surface area contributed by atoms with Crippen LogP contribution in [0.3, 0.4) is 0 Å². The molecule has 1 aliphatic heterocycles. The molecule has 1 aromatic rings. The second-order valence-corrected chi connectivity index (χ2v) is 5.58. The first kappa shape index (κ1) is 22.9. The summed E-state index contributed by atoms with van der Waals surface area (Å²) >= 11 is 0. The molecule has 3 amide bonds. The third-order valence-electron chi connectivity index (χ3n) is 3.71. The summed E-state index contributed by atoms with van der Waals surface area (Å²) in [6, 6.07) is 8.31. The van der Waals surface area contributed by atoms with E-state index in [4.69, 9.17) is 14.9 Å². The van der Waals surface area contributed by atoms with E-state index in [0.717, 1.165) is 10.5 Å². The van der Waals surface area contributed by atoms with E-state index >= 15 is 0 Å². The number of guanidine groups is 1. The lowest BCUT2D eigenvalue weighted by Gasteiger charge is -2.32. The minimum atomic E-state index is -0.827. The molecule has 9 heteroatoms. The molecule has 0 aromatic heterocycles. The number of benzene rings is 1. The summed E-state index contributed by atoms with van der Waals surface area (Å²) < 4.78 is 9.79. The average Bonchev–Trinajstić information content (AvgIpc) is 2.70. The number of nitrogens with one attached hydrogen (secondary N) is 3. The molecule has 1 fully saturated rings. The highest BCUT2D eigenvalue weighted by atomic mass is 16.6. The van der Waals surface area contributed by atoms with Crippen molar-refractivity contribution >= 4 is 24.1 Å². The molecule has 0 radical (unpaired) electrons. The molecular weight excluding hydrogens is 364 g/mol. The first-order valence-corrected chi connectivity index (χ1v) is 9.32. The number of alkyl carbamates (subject to hydrolysis) is 2. The van der Waals surface area contributed by atoms with Crippen molar-refractivity contribution in [2.75, 3.05) is 13.2 Å². The highest BCUT2D eigenvalue weighted by molar-refractivity contribution is 6.04. The van der Waals surface area contributed by atoms with Crippen molar-refractivity contribution in [3.05, 3.63) is 35.9 Å². The number of amides is 3. The average molecular weight is 392 g/mol. The third-order valence-corrected chi connectivity index (χ3v) is 3.71. The summed E-state index contributed by atoms with van der Waals surface area (Å²) in [5, 5.41) is 12.6. The van der Waals surface area contributed by atoms with Gasteiger partial charge in [0.25, 0.3) is 5.91 Å². The van der Waals surface area contributed by atoms with E-state index < -0.39 is 24.1 Å². The Morgan fingerprint density at radius 2 is 1.86 bits per heavy atom. The van der Waals surface area contributed by atoms with Gasteiger partial charge in [-0.3, -0.25) is 20.4 Å². The Hall–Kier alpha value is -3.10. The van der Waals surface area contributed by atoms with Gasteiger partial charge in [-0.05, 0) is 25.3 Å². The molecular formula is C19H28N4O5. The topological polar surface area (TPSA) is 121 Å². The van der Waals surface area contributed by atoms with E-state index in [1.54, 1.807) is 19.1 Å². The fraction of sp³-hybridized carbons (Fsp3) is 0.474. The van der Waals surface area contributed by atoms with E-state index in [1.807, 2.05) is 32.0 Å². The lowest BCUT2D eigenvalue weighted by Crippen LogP contribution is -2.57. The quantitative estimate of drug-likeness (QED) is 0.537. The third kappa shape index (κ3) is 7.26. The number of likely N-dealkylation sites (tertiary alicyclic amines) is 1. The first-order chi connectivity index (χ1) is 13.5. The maximum absolute atomic E-state index is 12.4. The van der Waals surface area contributed by atoms with Crippen LogP contribution in [-0.4, -0.2) is 48.1 Å². The second-order valence-electron chi connectivity index (χ2n) is 5.58. The zero-order valence-corrected chi connectivity index (χ0v) is 16.5. The maximum Gasteiger partial charge on any atom is 0.414 e. The number of rotatable bonds is 4. The highest BCUT2D eigenvalue weighted by Gasteiger charge is 2.33. The van der Waals surface area contributed by atoms with Crippen molar-refractivity contribution in [1.29, 1.82) is 5.41 Å². The van der Waals surface area contributed by atoms with Crippen LogP contribution >= 0.6 is 0 Å². The van der Waals surface area contributed by atoms with Crippen LogP contribution in [0, 0.1) is 5.41 Å². The fourth-order valence-electron chi connectivity index (χ4n) is 2.47. The van der Waals surface area contributed by atoms with Gasteiger partial charge in [-0.1, -0.05) is 44.2 Å². The predicted molar refractivity (Wildman–Crippen MR) is 104 cm³/mol. The number of hydrogen-bond acceptors (Lipinski definition) is 6. The lowest BCUT2D eigenvalue weighted by atomic mass is 10.1. The Kier molecular flexibility index (Phi) is 10.1. The normalized spacial score (nSPS) is 15.6. The number of hydrogen-bond donors (Lipinski definition) is 3. The van der Waals surface area contributed by atoms with Crippen LogP contribution < -0.4 is 10.6 Å². The molecule has 0 spiro atoms. The van der Waals surface area contributed by atoms with Crippen LogP contribution in [0.2, 0.25) is 0 Å².